The third-order valence-electron chi connectivity index (χ3n) is 3.01. The van der Waals surface area contributed by atoms with Crippen LogP contribution in [-0.2, 0) is 0 Å². The van der Waals surface area contributed by atoms with Crippen LogP contribution in [0.15, 0.2) is 9.98 Å². The van der Waals surface area contributed by atoms with Gasteiger partial charge >= 0.3 is 0 Å². The van der Waals surface area contributed by atoms with Gasteiger partial charge in [0.15, 0.2) is 0 Å². The largest absolute Gasteiger partial charge is 0.374 e. The average molecular weight is 222 g/mol. The Bertz CT molecular complexity index is 242. The highest BCUT2D eigenvalue weighted by Gasteiger charge is 2.05. The molecule has 0 fully saturated rings. The smallest absolute Gasteiger partial charge is 0.0963 e. The fourth-order valence-corrected chi connectivity index (χ4v) is 2.08. The summed E-state index contributed by atoms with van der Waals surface area (Å²) in [4.78, 5) is 8.95. The van der Waals surface area contributed by atoms with Crippen molar-refractivity contribution < 1.29 is 0 Å². The standard InChI is InChI=1S/C12H22N4/c1(5-11-13-7-3-8-14-11)2-6-12-15-9-4-10-16-12/h1-10H2,(H,13,14)(H,15,16). The van der Waals surface area contributed by atoms with Gasteiger partial charge in [0.1, 0.15) is 0 Å². The zero-order valence-corrected chi connectivity index (χ0v) is 9.97. The zero-order chi connectivity index (χ0) is 11.1. The molecule has 0 radical (unpaired) electrons. The van der Waals surface area contributed by atoms with Crippen molar-refractivity contribution in [2.24, 2.45) is 9.98 Å². The molecule has 90 valence electrons. The van der Waals surface area contributed by atoms with Crippen LogP contribution in [0.3, 0.4) is 0 Å². The van der Waals surface area contributed by atoms with Gasteiger partial charge in [0.05, 0.1) is 11.7 Å². The van der Waals surface area contributed by atoms with Crippen LogP contribution in [0, 0.1) is 0 Å². The Kier molecular flexibility index (Phi) is 4.65. The van der Waals surface area contributed by atoms with E-state index in [0.29, 0.717) is 0 Å². The summed E-state index contributed by atoms with van der Waals surface area (Å²) < 4.78 is 0. The number of rotatable bonds is 5. The van der Waals surface area contributed by atoms with E-state index in [1.165, 1.54) is 37.4 Å². The predicted octanol–water partition coefficient (Wildman–Crippen LogP) is 1.33. The van der Waals surface area contributed by atoms with Gasteiger partial charge in [-0.05, 0) is 25.7 Å². The van der Waals surface area contributed by atoms with Crippen LogP contribution in [0.1, 0.15) is 38.5 Å². The summed E-state index contributed by atoms with van der Waals surface area (Å²) in [6, 6.07) is 0. The second-order valence-corrected chi connectivity index (χ2v) is 4.42. The highest BCUT2D eigenvalue weighted by Crippen LogP contribution is 2.05. The molecular weight excluding hydrogens is 200 g/mol. The van der Waals surface area contributed by atoms with E-state index in [0.717, 1.165) is 39.0 Å². The first kappa shape index (κ1) is 11.4. The van der Waals surface area contributed by atoms with Crippen LogP contribution in [0.2, 0.25) is 0 Å². The van der Waals surface area contributed by atoms with Crippen LogP contribution < -0.4 is 10.6 Å². The number of unbranched alkanes of at least 4 members (excludes halogenated alkanes) is 1. The molecule has 2 aliphatic rings. The van der Waals surface area contributed by atoms with Gasteiger partial charge in [-0.25, -0.2) is 0 Å². The van der Waals surface area contributed by atoms with E-state index in [2.05, 4.69) is 20.6 Å². The first-order valence-electron chi connectivity index (χ1n) is 6.49. The summed E-state index contributed by atoms with van der Waals surface area (Å²) in [7, 11) is 0. The van der Waals surface area contributed by atoms with Gasteiger partial charge in [0.2, 0.25) is 0 Å². The molecule has 0 saturated carbocycles. The number of hydrogen-bond acceptors (Lipinski definition) is 4. The van der Waals surface area contributed by atoms with Crippen molar-refractivity contribution in [3.63, 3.8) is 0 Å². The quantitative estimate of drug-likeness (QED) is 0.689. The number of nitrogens with zero attached hydrogens (tertiary/aromatic N) is 2. The summed E-state index contributed by atoms with van der Waals surface area (Å²) in [5.74, 6) is 2.43. The highest BCUT2D eigenvalue weighted by atomic mass is 15.0. The highest BCUT2D eigenvalue weighted by molar-refractivity contribution is 5.83. The maximum absolute atomic E-state index is 4.47. The van der Waals surface area contributed by atoms with Crippen LogP contribution in [-0.4, -0.2) is 37.9 Å². The van der Waals surface area contributed by atoms with E-state index in [9.17, 15) is 0 Å². The Morgan fingerprint density at radius 2 is 1.31 bits per heavy atom. The molecule has 2 heterocycles. The number of hydrogen-bond donors (Lipinski definition) is 2. The van der Waals surface area contributed by atoms with Gasteiger partial charge in [-0.15, -0.1) is 0 Å². The van der Waals surface area contributed by atoms with Crippen molar-refractivity contribution in [2.45, 2.75) is 38.5 Å². The van der Waals surface area contributed by atoms with E-state index in [1.807, 2.05) is 0 Å². The molecule has 0 atom stereocenters. The minimum absolute atomic E-state index is 1.01. The summed E-state index contributed by atoms with van der Waals surface area (Å²) in [5.41, 5.74) is 0. The number of aliphatic imine (C=N–C) groups is 2. The van der Waals surface area contributed by atoms with Gasteiger partial charge in [-0.2, -0.15) is 0 Å². The maximum Gasteiger partial charge on any atom is 0.0963 e. The van der Waals surface area contributed by atoms with E-state index in [1.54, 1.807) is 0 Å². The first-order valence-corrected chi connectivity index (χ1v) is 6.49. The molecular formula is C12H22N4. The third kappa shape index (κ3) is 3.83. The molecule has 2 aliphatic heterocycles. The van der Waals surface area contributed by atoms with E-state index in [-0.39, 0.29) is 0 Å². The van der Waals surface area contributed by atoms with Crippen molar-refractivity contribution in [3.05, 3.63) is 0 Å². The molecule has 0 aromatic carbocycles. The van der Waals surface area contributed by atoms with Gasteiger partial charge < -0.3 is 10.6 Å². The molecule has 2 N–H and O–H groups in total. The topological polar surface area (TPSA) is 48.8 Å². The molecule has 16 heavy (non-hydrogen) atoms. The van der Waals surface area contributed by atoms with Gasteiger partial charge in [0, 0.05) is 39.0 Å². The van der Waals surface area contributed by atoms with Crippen molar-refractivity contribution in [1.29, 1.82) is 0 Å². The molecule has 0 aromatic rings. The van der Waals surface area contributed by atoms with Crippen LogP contribution >= 0.6 is 0 Å². The van der Waals surface area contributed by atoms with Gasteiger partial charge in [0.25, 0.3) is 0 Å². The summed E-state index contributed by atoms with van der Waals surface area (Å²) in [6.45, 7) is 4.23. The van der Waals surface area contributed by atoms with E-state index < -0.39 is 0 Å². The number of nitrogens with one attached hydrogen (secondary N) is 2. The SMILES string of the molecule is C1CN=C(CCCCC2=NCCCN2)NC1. The van der Waals surface area contributed by atoms with E-state index >= 15 is 0 Å². The molecule has 0 unspecified atom stereocenters. The lowest BCUT2D eigenvalue weighted by atomic mass is 10.1. The summed E-state index contributed by atoms with van der Waals surface area (Å²) in [6.07, 6.45) is 7.01. The minimum atomic E-state index is 1.01. The van der Waals surface area contributed by atoms with Gasteiger partial charge in [-0.1, -0.05) is 0 Å². The Morgan fingerprint density at radius 3 is 1.69 bits per heavy atom. The third-order valence-corrected chi connectivity index (χ3v) is 3.01. The molecule has 2 rings (SSSR count). The Balaban J connectivity index is 1.57. The average Bonchev–Trinajstić information content (AvgIpc) is 2.37. The zero-order valence-electron chi connectivity index (χ0n) is 9.97. The van der Waals surface area contributed by atoms with Crippen molar-refractivity contribution in [1.82, 2.24) is 10.6 Å². The first-order chi connectivity index (χ1) is 7.95. The lowest BCUT2D eigenvalue weighted by Crippen LogP contribution is -2.30. The van der Waals surface area contributed by atoms with Crippen molar-refractivity contribution in [2.75, 3.05) is 26.2 Å². The second-order valence-electron chi connectivity index (χ2n) is 4.42. The van der Waals surface area contributed by atoms with Crippen LogP contribution in [0.4, 0.5) is 0 Å². The Labute approximate surface area is 97.6 Å². The van der Waals surface area contributed by atoms with Crippen molar-refractivity contribution >= 4 is 11.7 Å². The molecule has 4 nitrogen and oxygen atoms in total. The normalized spacial score (nSPS) is 20.5. The van der Waals surface area contributed by atoms with Crippen LogP contribution in [0.5, 0.6) is 0 Å². The van der Waals surface area contributed by atoms with Crippen LogP contribution in [0.25, 0.3) is 0 Å². The monoisotopic (exact) mass is 222 g/mol. The molecule has 0 spiro atoms. The summed E-state index contributed by atoms with van der Waals surface area (Å²) in [5, 5.41) is 6.72. The lowest BCUT2D eigenvalue weighted by molar-refractivity contribution is 0.683. The molecule has 0 saturated heterocycles. The van der Waals surface area contributed by atoms with Crippen molar-refractivity contribution in [3.8, 4) is 0 Å². The Hall–Kier alpha value is -1.06. The fraction of sp³-hybridized carbons (Fsp3) is 0.833. The molecule has 0 bridgehead atoms. The van der Waals surface area contributed by atoms with Gasteiger partial charge in [-0.3, -0.25) is 9.98 Å². The molecule has 0 aliphatic carbocycles. The lowest BCUT2D eigenvalue weighted by Gasteiger charge is -2.16. The maximum atomic E-state index is 4.47. The molecule has 0 amide bonds. The predicted molar refractivity (Wildman–Crippen MR) is 68.3 cm³/mol. The molecule has 4 heteroatoms. The number of amidine groups is 2. The Morgan fingerprint density at radius 1 is 0.812 bits per heavy atom. The second kappa shape index (κ2) is 6.51. The minimum Gasteiger partial charge on any atom is -0.374 e. The summed E-state index contributed by atoms with van der Waals surface area (Å²) >= 11 is 0. The fourth-order valence-electron chi connectivity index (χ4n) is 2.08. The molecule has 0 aromatic heterocycles. The van der Waals surface area contributed by atoms with E-state index in [4.69, 9.17) is 0 Å².